The monoisotopic (exact) mass is 478 g/mol. The van der Waals surface area contributed by atoms with Crippen LogP contribution < -0.4 is 4.74 Å². The molecule has 0 bridgehead atoms. The number of thiol groups is 2. The van der Waals surface area contributed by atoms with Gasteiger partial charge in [0, 0.05) is 13.0 Å². The predicted molar refractivity (Wildman–Crippen MR) is 125 cm³/mol. The molecule has 3 atom stereocenters. The minimum absolute atomic E-state index is 0.118. The summed E-state index contributed by atoms with van der Waals surface area (Å²) in [5.74, 6) is 0.100. The molecule has 1 aromatic rings. The first-order valence-corrected chi connectivity index (χ1v) is 11.5. The van der Waals surface area contributed by atoms with Crippen molar-refractivity contribution < 1.29 is 27.8 Å². The van der Waals surface area contributed by atoms with Gasteiger partial charge >= 0.3 is 12.1 Å². The van der Waals surface area contributed by atoms with E-state index in [1.54, 1.807) is 11.8 Å². The van der Waals surface area contributed by atoms with E-state index in [9.17, 15) is 9.59 Å². The van der Waals surface area contributed by atoms with Crippen LogP contribution in [0.5, 0.6) is 5.75 Å². The van der Waals surface area contributed by atoms with Crippen LogP contribution in [0.2, 0.25) is 0 Å². The molecule has 0 aromatic heterocycles. The van der Waals surface area contributed by atoms with E-state index >= 15 is 0 Å². The number of nitrogens with zero attached hydrogens (tertiary/aromatic N) is 3. The van der Waals surface area contributed by atoms with Gasteiger partial charge in [-0.3, -0.25) is 0 Å². The summed E-state index contributed by atoms with van der Waals surface area (Å²) in [6.07, 6.45) is 0.281. The summed E-state index contributed by atoms with van der Waals surface area (Å²) in [7, 11) is 0. The van der Waals surface area contributed by atoms with E-state index in [4.69, 9.17) is 32.1 Å². The van der Waals surface area contributed by atoms with Gasteiger partial charge in [-0.2, -0.15) is 0 Å². The molecule has 8 nitrogen and oxygen atoms in total. The summed E-state index contributed by atoms with van der Waals surface area (Å²) in [6.45, 7) is 8.39. The fourth-order valence-electron chi connectivity index (χ4n) is 4.32. The molecule has 0 spiro atoms. The molecule has 0 radical (unpaired) electrons. The number of fused-ring (bicyclic) bond motifs is 3. The van der Waals surface area contributed by atoms with Crippen LogP contribution in [0.3, 0.4) is 0 Å². The van der Waals surface area contributed by atoms with Crippen LogP contribution in [0.15, 0.2) is 40.0 Å². The topological polar surface area (TPSA) is 77.4 Å². The van der Waals surface area contributed by atoms with E-state index in [2.05, 4.69) is 12.6 Å². The first kappa shape index (κ1) is 23.0. The van der Waals surface area contributed by atoms with E-state index in [-0.39, 0.29) is 28.5 Å². The standard InChI is InChI=1S/C22H27N3O5S2/c1-5-28-19(26)17-16-18(14-8-6-7-9-15(14)29-20(16)31)25(32,23-17)13-10-11-24(12-13)21(27)30-22(2,3)4/h6-9,13,18,32H,5,10-12H2,1-4H3/p+1. The lowest BCUT2D eigenvalue weighted by atomic mass is 9.93. The Bertz CT molecular complexity index is 1020. The number of amides is 1. The Morgan fingerprint density at radius 2 is 2.03 bits per heavy atom. The van der Waals surface area contributed by atoms with E-state index in [1.807, 2.05) is 45.0 Å². The second-order valence-corrected chi connectivity index (χ2v) is 10.0. The van der Waals surface area contributed by atoms with Gasteiger partial charge in [0.25, 0.3) is 0 Å². The van der Waals surface area contributed by atoms with E-state index in [1.165, 1.54) is 0 Å². The molecule has 3 aliphatic heterocycles. The molecule has 0 aliphatic carbocycles. The molecule has 0 N–H and O–H groups in total. The lowest BCUT2D eigenvalue weighted by molar-refractivity contribution is -0.845. The number of hydrogen-bond donors (Lipinski definition) is 2. The van der Waals surface area contributed by atoms with Crippen molar-refractivity contribution in [2.24, 2.45) is 5.10 Å². The average Bonchev–Trinajstić information content (AvgIpc) is 3.32. The number of quaternary nitrogens is 1. The molecule has 32 heavy (non-hydrogen) atoms. The van der Waals surface area contributed by atoms with Crippen molar-refractivity contribution in [3.8, 4) is 5.75 Å². The number of benzene rings is 1. The normalized spacial score (nSPS) is 26.8. The van der Waals surface area contributed by atoms with Gasteiger partial charge in [0.1, 0.15) is 23.0 Å². The van der Waals surface area contributed by atoms with Crippen molar-refractivity contribution in [3.05, 3.63) is 40.5 Å². The van der Waals surface area contributed by atoms with Crippen LogP contribution in [0.25, 0.3) is 0 Å². The number of hydrogen-bond acceptors (Lipinski definition) is 8. The lowest BCUT2D eigenvalue weighted by Gasteiger charge is -2.36. The number of likely N-dealkylation sites (tertiary alicyclic amines) is 1. The Labute approximate surface area is 198 Å². The molecule has 1 aromatic carbocycles. The van der Waals surface area contributed by atoms with Gasteiger partial charge in [0.05, 0.1) is 31.5 Å². The van der Waals surface area contributed by atoms with Crippen molar-refractivity contribution in [2.45, 2.75) is 51.8 Å². The Balaban J connectivity index is 1.72. The van der Waals surface area contributed by atoms with E-state index < -0.39 is 17.6 Å². The molecule has 3 heterocycles. The number of para-hydroxylation sites is 1. The molecular formula is C22H28N3O5S2+. The summed E-state index contributed by atoms with van der Waals surface area (Å²) in [6, 6.07) is 6.98. The number of ether oxygens (including phenoxy) is 3. The molecule has 1 amide bonds. The minimum Gasteiger partial charge on any atom is -0.461 e. The number of rotatable bonds is 3. The maximum atomic E-state index is 12.8. The van der Waals surface area contributed by atoms with Crippen LogP contribution in [-0.4, -0.2) is 58.0 Å². The highest BCUT2D eigenvalue weighted by Gasteiger charge is 2.59. The molecular weight excluding hydrogens is 450 g/mol. The van der Waals surface area contributed by atoms with Crippen molar-refractivity contribution in [3.63, 3.8) is 0 Å². The zero-order valence-corrected chi connectivity index (χ0v) is 20.4. The summed E-state index contributed by atoms with van der Waals surface area (Å²) < 4.78 is 16.6. The summed E-state index contributed by atoms with van der Waals surface area (Å²) >= 11 is 9.56. The molecule has 10 heteroatoms. The van der Waals surface area contributed by atoms with Gasteiger partial charge in [-0.1, -0.05) is 17.2 Å². The van der Waals surface area contributed by atoms with Gasteiger partial charge in [-0.25, -0.2) is 9.59 Å². The third-order valence-corrected chi connectivity index (χ3v) is 6.62. The molecule has 3 aliphatic rings. The quantitative estimate of drug-likeness (QED) is 0.392. The van der Waals surface area contributed by atoms with Crippen LogP contribution in [-0.2, 0) is 14.3 Å². The Morgan fingerprint density at radius 3 is 2.72 bits per heavy atom. The minimum atomic E-state index is -0.582. The first-order chi connectivity index (χ1) is 15.0. The lowest BCUT2D eigenvalue weighted by Crippen LogP contribution is -2.47. The van der Waals surface area contributed by atoms with Gasteiger partial charge in [-0.05, 0) is 39.8 Å². The Kier molecular flexibility index (Phi) is 5.98. The van der Waals surface area contributed by atoms with Crippen LogP contribution in [0, 0.1) is 0 Å². The van der Waals surface area contributed by atoms with Crippen molar-refractivity contribution in [1.82, 2.24) is 4.90 Å². The Hall–Kier alpha value is -2.17. The number of carbonyl (C=O) groups is 2. The van der Waals surface area contributed by atoms with Gasteiger partial charge in [0.2, 0.25) is 5.71 Å². The highest BCUT2D eigenvalue weighted by molar-refractivity contribution is 7.84. The summed E-state index contributed by atoms with van der Waals surface area (Å²) in [5, 5.41) is 5.06. The van der Waals surface area contributed by atoms with Crippen molar-refractivity contribution in [2.75, 3.05) is 19.7 Å². The molecule has 1 fully saturated rings. The second kappa shape index (κ2) is 8.31. The zero-order valence-electron chi connectivity index (χ0n) is 18.6. The maximum absolute atomic E-state index is 12.8. The molecule has 1 saturated heterocycles. The molecule has 0 saturated carbocycles. The predicted octanol–water partition coefficient (Wildman–Crippen LogP) is 3.87. The summed E-state index contributed by atoms with van der Waals surface area (Å²) in [4.78, 5) is 27.1. The average molecular weight is 479 g/mol. The smallest absolute Gasteiger partial charge is 0.410 e. The number of esters is 1. The molecule has 172 valence electrons. The third kappa shape index (κ3) is 3.99. The summed E-state index contributed by atoms with van der Waals surface area (Å²) in [5.41, 5.74) is 0.981. The second-order valence-electron chi connectivity index (χ2n) is 9.00. The number of carbonyl (C=O) groups excluding carboxylic acids is 2. The first-order valence-electron chi connectivity index (χ1n) is 10.6. The fourth-order valence-corrected chi connectivity index (χ4v) is 5.16. The molecule has 3 unspecified atom stereocenters. The Morgan fingerprint density at radius 1 is 1.31 bits per heavy atom. The van der Waals surface area contributed by atoms with Gasteiger partial charge in [-0.15, -0.1) is 16.6 Å². The highest BCUT2D eigenvalue weighted by Crippen LogP contribution is 2.53. The van der Waals surface area contributed by atoms with E-state index in [0.717, 1.165) is 5.56 Å². The van der Waals surface area contributed by atoms with Crippen LogP contribution in [0.4, 0.5) is 4.79 Å². The SMILES string of the molecule is CCOC(=O)C1=N[N+](S)(C2CCN(C(=O)OC(C)(C)C)C2)C2C1=C(S)Oc1ccccc12. The fraction of sp³-hybridized carbons (Fsp3) is 0.500. The van der Waals surface area contributed by atoms with Gasteiger partial charge in [0.15, 0.2) is 11.1 Å². The van der Waals surface area contributed by atoms with Crippen molar-refractivity contribution >= 4 is 43.2 Å². The van der Waals surface area contributed by atoms with Crippen LogP contribution in [0.1, 0.15) is 45.7 Å². The van der Waals surface area contributed by atoms with Gasteiger partial charge < -0.3 is 19.1 Å². The zero-order chi connectivity index (χ0) is 23.3. The third-order valence-electron chi connectivity index (χ3n) is 5.64. The van der Waals surface area contributed by atoms with Crippen LogP contribution >= 0.6 is 25.4 Å². The molecule has 4 rings (SSSR count). The maximum Gasteiger partial charge on any atom is 0.410 e. The van der Waals surface area contributed by atoms with Crippen molar-refractivity contribution in [1.29, 1.82) is 0 Å². The highest BCUT2D eigenvalue weighted by atomic mass is 32.1. The van der Waals surface area contributed by atoms with E-state index in [0.29, 0.717) is 35.9 Å². The largest absolute Gasteiger partial charge is 0.461 e.